The van der Waals surface area contributed by atoms with Gasteiger partial charge in [-0.15, -0.1) is 0 Å². The Hall–Kier alpha value is -0.660. The van der Waals surface area contributed by atoms with Crippen LogP contribution in [0.3, 0.4) is 0 Å². The molecule has 1 aromatic rings. The van der Waals surface area contributed by atoms with E-state index in [0.717, 1.165) is 17.1 Å². The van der Waals surface area contributed by atoms with Gasteiger partial charge in [0.25, 0.3) is 0 Å². The lowest BCUT2D eigenvalue weighted by Gasteiger charge is -2.23. The summed E-state index contributed by atoms with van der Waals surface area (Å²) in [4.78, 5) is 4.30. The SMILES string of the molecule is CN(C)S(=O)(=O)c1cnc(OC2CCCCC2)c(Br)c1. The predicted molar refractivity (Wildman–Crippen MR) is 80.3 cm³/mol. The lowest BCUT2D eigenvalue weighted by atomic mass is 9.98. The number of halogens is 1. The van der Waals surface area contributed by atoms with Gasteiger partial charge in [-0.1, -0.05) is 6.42 Å². The summed E-state index contributed by atoms with van der Waals surface area (Å²) in [5.74, 6) is 0.467. The molecule has 1 heterocycles. The molecule has 7 heteroatoms. The van der Waals surface area contributed by atoms with Gasteiger partial charge in [-0.3, -0.25) is 0 Å². The zero-order chi connectivity index (χ0) is 14.8. The number of rotatable bonds is 4. The number of pyridine rings is 1. The third kappa shape index (κ3) is 3.51. The summed E-state index contributed by atoms with van der Waals surface area (Å²) < 4.78 is 31.6. The van der Waals surface area contributed by atoms with Crippen molar-refractivity contribution in [3.63, 3.8) is 0 Å². The normalized spacial score (nSPS) is 17.4. The zero-order valence-electron chi connectivity index (χ0n) is 11.7. The molecule has 0 spiro atoms. The number of aromatic nitrogens is 1. The summed E-state index contributed by atoms with van der Waals surface area (Å²) in [5, 5.41) is 0. The van der Waals surface area contributed by atoms with Crippen molar-refractivity contribution in [1.82, 2.24) is 9.29 Å². The predicted octanol–water partition coefficient (Wildman–Crippen LogP) is 2.81. The van der Waals surface area contributed by atoms with Crippen LogP contribution in [-0.2, 0) is 10.0 Å². The van der Waals surface area contributed by atoms with E-state index in [2.05, 4.69) is 20.9 Å². The van der Waals surface area contributed by atoms with Crippen LogP contribution in [0.2, 0.25) is 0 Å². The smallest absolute Gasteiger partial charge is 0.244 e. The van der Waals surface area contributed by atoms with Crippen LogP contribution in [0, 0.1) is 0 Å². The highest BCUT2D eigenvalue weighted by Crippen LogP contribution is 2.29. The van der Waals surface area contributed by atoms with Gasteiger partial charge in [-0.05, 0) is 47.7 Å². The van der Waals surface area contributed by atoms with Crippen LogP contribution < -0.4 is 4.74 Å². The maximum Gasteiger partial charge on any atom is 0.244 e. The van der Waals surface area contributed by atoms with E-state index in [0.29, 0.717) is 10.4 Å². The van der Waals surface area contributed by atoms with Crippen molar-refractivity contribution in [1.29, 1.82) is 0 Å². The molecule has 1 saturated carbocycles. The Bertz CT molecular complexity index is 569. The lowest BCUT2D eigenvalue weighted by molar-refractivity contribution is 0.147. The lowest BCUT2D eigenvalue weighted by Crippen LogP contribution is -2.23. The Kier molecular flexibility index (Phi) is 5.04. The molecule has 0 aromatic carbocycles. The number of nitrogens with zero attached hydrogens (tertiary/aromatic N) is 2. The summed E-state index contributed by atoms with van der Waals surface area (Å²) in [7, 11) is -0.473. The van der Waals surface area contributed by atoms with E-state index >= 15 is 0 Å². The minimum absolute atomic E-state index is 0.158. The Morgan fingerprint density at radius 1 is 1.30 bits per heavy atom. The molecular formula is C13H19BrN2O3S. The van der Waals surface area contributed by atoms with Crippen LogP contribution in [0.25, 0.3) is 0 Å². The molecule has 5 nitrogen and oxygen atoms in total. The average molecular weight is 363 g/mol. The minimum Gasteiger partial charge on any atom is -0.474 e. The maximum atomic E-state index is 12.0. The molecule has 0 unspecified atom stereocenters. The molecule has 1 fully saturated rings. The van der Waals surface area contributed by atoms with Crippen LogP contribution >= 0.6 is 15.9 Å². The fourth-order valence-electron chi connectivity index (χ4n) is 2.19. The number of hydrogen-bond acceptors (Lipinski definition) is 4. The Morgan fingerprint density at radius 2 is 1.95 bits per heavy atom. The minimum atomic E-state index is -3.46. The van der Waals surface area contributed by atoms with Gasteiger partial charge in [0.1, 0.15) is 11.0 Å². The summed E-state index contributed by atoms with van der Waals surface area (Å²) in [6, 6.07) is 1.54. The van der Waals surface area contributed by atoms with Crippen LogP contribution in [0.15, 0.2) is 21.6 Å². The first kappa shape index (κ1) is 15.7. The van der Waals surface area contributed by atoms with E-state index in [1.54, 1.807) is 6.07 Å². The first-order chi connectivity index (χ1) is 9.41. The summed E-state index contributed by atoms with van der Waals surface area (Å²) in [6.07, 6.45) is 7.21. The zero-order valence-corrected chi connectivity index (χ0v) is 14.1. The first-order valence-electron chi connectivity index (χ1n) is 6.66. The molecule has 0 N–H and O–H groups in total. The number of hydrogen-bond donors (Lipinski definition) is 0. The highest BCUT2D eigenvalue weighted by Gasteiger charge is 2.21. The fraction of sp³-hybridized carbons (Fsp3) is 0.615. The fourth-order valence-corrected chi connectivity index (χ4v) is 3.66. The van der Waals surface area contributed by atoms with Gasteiger partial charge < -0.3 is 4.74 Å². The number of sulfonamides is 1. The van der Waals surface area contributed by atoms with Gasteiger partial charge in [-0.25, -0.2) is 17.7 Å². The highest BCUT2D eigenvalue weighted by molar-refractivity contribution is 9.10. The van der Waals surface area contributed by atoms with Gasteiger partial charge in [0, 0.05) is 14.1 Å². The van der Waals surface area contributed by atoms with E-state index in [9.17, 15) is 8.42 Å². The Morgan fingerprint density at radius 3 is 2.50 bits per heavy atom. The Labute approximate surface area is 128 Å². The van der Waals surface area contributed by atoms with E-state index in [4.69, 9.17) is 4.74 Å². The van der Waals surface area contributed by atoms with Crippen molar-refractivity contribution >= 4 is 26.0 Å². The molecule has 20 heavy (non-hydrogen) atoms. The molecule has 1 aromatic heterocycles. The number of ether oxygens (including phenoxy) is 1. The van der Waals surface area contributed by atoms with Crippen molar-refractivity contribution in [2.75, 3.05) is 14.1 Å². The van der Waals surface area contributed by atoms with E-state index in [-0.39, 0.29) is 11.0 Å². The van der Waals surface area contributed by atoms with E-state index in [1.165, 1.54) is 39.6 Å². The molecule has 0 saturated heterocycles. The standard InChI is InChI=1S/C13H19BrN2O3S/c1-16(2)20(17,18)11-8-12(14)13(15-9-11)19-10-6-4-3-5-7-10/h8-10H,3-7H2,1-2H3. The van der Waals surface area contributed by atoms with Crippen LogP contribution in [0.4, 0.5) is 0 Å². The maximum absolute atomic E-state index is 12.0. The molecule has 0 amide bonds. The summed E-state index contributed by atoms with van der Waals surface area (Å²) in [6.45, 7) is 0. The van der Waals surface area contributed by atoms with Crippen molar-refractivity contribution in [3.05, 3.63) is 16.7 Å². The Balaban J connectivity index is 2.17. The molecule has 0 aliphatic heterocycles. The molecule has 1 aliphatic rings. The second kappa shape index (κ2) is 6.41. The third-order valence-corrected chi connectivity index (χ3v) is 5.74. The van der Waals surface area contributed by atoms with E-state index in [1.807, 2.05) is 0 Å². The second-order valence-corrected chi connectivity index (χ2v) is 8.13. The van der Waals surface area contributed by atoms with Crippen LogP contribution in [0.5, 0.6) is 5.88 Å². The second-order valence-electron chi connectivity index (χ2n) is 5.12. The van der Waals surface area contributed by atoms with E-state index < -0.39 is 10.0 Å². The van der Waals surface area contributed by atoms with Gasteiger partial charge in [0.15, 0.2) is 0 Å². The van der Waals surface area contributed by atoms with Crippen LogP contribution in [0.1, 0.15) is 32.1 Å². The van der Waals surface area contributed by atoms with Crippen molar-refractivity contribution in [3.8, 4) is 5.88 Å². The van der Waals surface area contributed by atoms with Crippen LogP contribution in [-0.4, -0.2) is 37.9 Å². The van der Waals surface area contributed by atoms with Crippen molar-refractivity contribution in [2.45, 2.75) is 43.1 Å². The van der Waals surface area contributed by atoms with Gasteiger partial charge in [0.05, 0.1) is 10.7 Å². The topological polar surface area (TPSA) is 59.5 Å². The molecule has 0 atom stereocenters. The summed E-state index contributed by atoms with van der Waals surface area (Å²) in [5.41, 5.74) is 0. The van der Waals surface area contributed by atoms with Gasteiger partial charge in [0.2, 0.25) is 15.9 Å². The van der Waals surface area contributed by atoms with Gasteiger partial charge in [-0.2, -0.15) is 0 Å². The third-order valence-electron chi connectivity index (χ3n) is 3.39. The average Bonchev–Trinajstić information content (AvgIpc) is 2.42. The van der Waals surface area contributed by atoms with Crippen molar-refractivity contribution in [2.24, 2.45) is 0 Å². The molecule has 2 rings (SSSR count). The molecular weight excluding hydrogens is 344 g/mol. The first-order valence-corrected chi connectivity index (χ1v) is 8.89. The summed E-state index contributed by atoms with van der Waals surface area (Å²) >= 11 is 3.35. The molecule has 112 valence electrons. The van der Waals surface area contributed by atoms with Crippen molar-refractivity contribution < 1.29 is 13.2 Å². The van der Waals surface area contributed by atoms with Gasteiger partial charge >= 0.3 is 0 Å². The highest BCUT2D eigenvalue weighted by atomic mass is 79.9. The largest absolute Gasteiger partial charge is 0.474 e. The monoisotopic (exact) mass is 362 g/mol. The molecule has 0 radical (unpaired) electrons. The quantitative estimate of drug-likeness (QED) is 0.826. The molecule has 1 aliphatic carbocycles. The molecule has 0 bridgehead atoms.